The van der Waals surface area contributed by atoms with Crippen molar-refractivity contribution in [3.8, 4) is 11.5 Å². The van der Waals surface area contributed by atoms with Crippen molar-refractivity contribution in [3.05, 3.63) is 107 Å². The van der Waals surface area contributed by atoms with Gasteiger partial charge in [0.05, 0.1) is 6.21 Å². The predicted molar refractivity (Wildman–Crippen MR) is 132 cm³/mol. The van der Waals surface area contributed by atoms with E-state index < -0.39 is 6.10 Å². The maximum atomic E-state index is 12.4. The third kappa shape index (κ3) is 6.11. The summed E-state index contributed by atoms with van der Waals surface area (Å²) in [6, 6.07) is 28.6. The lowest BCUT2D eigenvalue weighted by molar-refractivity contribution is -0.127. The molecule has 0 radical (unpaired) electrons. The number of fused-ring (bicyclic) bond motifs is 1. The van der Waals surface area contributed by atoms with Crippen LogP contribution in [0.2, 0.25) is 5.02 Å². The number of ether oxygens (including phenoxy) is 2. The summed E-state index contributed by atoms with van der Waals surface area (Å²) >= 11 is 5.91. The monoisotopic (exact) mass is 458 g/mol. The summed E-state index contributed by atoms with van der Waals surface area (Å²) in [5.41, 5.74) is 4.35. The fraction of sp³-hybridized carbons (Fsp3) is 0.111. The average Bonchev–Trinajstić information content (AvgIpc) is 2.84. The number of carbonyl (C=O) groups is 1. The van der Waals surface area contributed by atoms with Crippen molar-refractivity contribution in [3.63, 3.8) is 0 Å². The van der Waals surface area contributed by atoms with E-state index in [0.29, 0.717) is 23.1 Å². The number of benzene rings is 4. The fourth-order valence-electron chi connectivity index (χ4n) is 3.24. The molecule has 0 unspecified atom stereocenters. The summed E-state index contributed by atoms with van der Waals surface area (Å²) in [7, 11) is 0. The Balaban J connectivity index is 1.32. The second kappa shape index (κ2) is 10.7. The molecule has 4 aromatic rings. The lowest BCUT2D eigenvalue weighted by Gasteiger charge is -2.14. The molecule has 1 amide bonds. The first-order valence-corrected chi connectivity index (χ1v) is 10.9. The summed E-state index contributed by atoms with van der Waals surface area (Å²) < 4.78 is 11.7. The molecule has 0 saturated carbocycles. The van der Waals surface area contributed by atoms with Gasteiger partial charge < -0.3 is 9.47 Å². The molecule has 0 saturated heterocycles. The highest BCUT2D eigenvalue weighted by molar-refractivity contribution is 6.30. The number of amides is 1. The summed E-state index contributed by atoms with van der Waals surface area (Å²) in [5, 5.41) is 6.76. The van der Waals surface area contributed by atoms with Crippen molar-refractivity contribution in [1.29, 1.82) is 0 Å². The molecule has 0 aromatic heterocycles. The molecule has 0 aliphatic heterocycles. The van der Waals surface area contributed by atoms with E-state index in [4.69, 9.17) is 21.1 Å². The molecular weight excluding hydrogens is 436 g/mol. The molecule has 0 heterocycles. The van der Waals surface area contributed by atoms with Gasteiger partial charge in [0.25, 0.3) is 5.91 Å². The zero-order valence-electron chi connectivity index (χ0n) is 18.1. The highest BCUT2D eigenvalue weighted by Crippen LogP contribution is 2.26. The average molecular weight is 459 g/mol. The van der Waals surface area contributed by atoms with Gasteiger partial charge in [-0.2, -0.15) is 5.10 Å². The van der Waals surface area contributed by atoms with Crippen molar-refractivity contribution in [2.45, 2.75) is 19.6 Å². The molecule has 0 aliphatic rings. The number of halogens is 1. The zero-order valence-corrected chi connectivity index (χ0v) is 18.8. The number of hydrogen-bond donors (Lipinski definition) is 1. The van der Waals surface area contributed by atoms with Crippen molar-refractivity contribution < 1.29 is 14.3 Å². The molecule has 0 aliphatic carbocycles. The lowest BCUT2D eigenvalue weighted by atomic mass is 10.1. The van der Waals surface area contributed by atoms with Gasteiger partial charge in [0.2, 0.25) is 0 Å². The van der Waals surface area contributed by atoms with Gasteiger partial charge >= 0.3 is 0 Å². The number of hydrazone groups is 1. The van der Waals surface area contributed by atoms with Gasteiger partial charge in [-0.3, -0.25) is 4.79 Å². The zero-order chi connectivity index (χ0) is 23.0. The molecule has 0 fully saturated rings. The Bertz CT molecular complexity index is 1270. The van der Waals surface area contributed by atoms with Gasteiger partial charge in [-0.25, -0.2) is 5.43 Å². The molecule has 0 spiro atoms. The molecule has 5 nitrogen and oxygen atoms in total. The molecule has 4 aromatic carbocycles. The van der Waals surface area contributed by atoms with Crippen molar-refractivity contribution in [2.24, 2.45) is 5.10 Å². The lowest BCUT2D eigenvalue weighted by Crippen LogP contribution is -2.33. The number of nitrogens with one attached hydrogen (secondary N) is 1. The number of nitrogens with zero attached hydrogens (tertiary/aromatic N) is 1. The van der Waals surface area contributed by atoms with Crippen LogP contribution >= 0.6 is 11.6 Å². The standard InChI is InChI=1S/C27H23ClN2O3/c1-19(33-26-11-5-8-22-7-2-3-10-25(22)26)27(31)30-29-17-21-6-4-9-24(16-21)32-18-20-12-14-23(28)15-13-20/h2-17,19H,18H2,1H3,(H,30,31)/b29-17-/t19-/m0/s1. The Morgan fingerprint density at radius 3 is 2.61 bits per heavy atom. The smallest absolute Gasteiger partial charge is 0.280 e. The number of hydrogen-bond acceptors (Lipinski definition) is 4. The fourth-order valence-corrected chi connectivity index (χ4v) is 3.36. The SMILES string of the molecule is C[C@H](Oc1cccc2ccccc12)C(=O)N/N=C\c1cccc(OCc2ccc(Cl)cc2)c1. The van der Waals surface area contributed by atoms with Crippen LogP contribution in [0, 0.1) is 0 Å². The second-order valence-electron chi connectivity index (χ2n) is 7.46. The number of rotatable bonds is 8. The Kier molecular flexibility index (Phi) is 7.22. The molecule has 1 N–H and O–H groups in total. The molecule has 166 valence electrons. The second-order valence-corrected chi connectivity index (χ2v) is 7.90. The topological polar surface area (TPSA) is 59.9 Å². The largest absolute Gasteiger partial charge is 0.489 e. The van der Waals surface area contributed by atoms with Gasteiger partial charge in [-0.15, -0.1) is 0 Å². The first-order chi connectivity index (χ1) is 16.1. The van der Waals surface area contributed by atoms with Crippen molar-refractivity contribution in [1.82, 2.24) is 5.43 Å². The Morgan fingerprint density at radius 2 is 1.76 bits per heavy atom. The third-order valence-corrected chi connectivity index (χ3v) is 5.24. The predicted octanol–water partition coefficient (Wildman–Crippen LogP) is 5.99. The van der Waals surface area contributed by atoms with Gasteiger partial charge in [-0.05, 0) is 53.8 Å². The van der Waals surface area contributed by atoms with E-state index in [9.17, 15) is 4.79 Å². The van der Waals surface area contributed by atoms with Gasteiger partial charge in [0, 0.05) is 10.4 Å². The minimum Gasteiger partial charge on any atom is -0.489 e. The minimum atomic E-state index is -0.706. The summed E-state index contributed by atoms with van der Waals surface area (Å²) in [6.07, 6.45) is 0.861. The van der Waals surface area contributed by atoms with Crippen LogP contribution in [0.1, 0.15) is 18.1 Å². The highest BCUT2D eigenvalue weighted by atomic mass is 35.5. The van der Waals surface area contributed by atoms with Crippen LogP contribution in [0.5, 0.6) is 11.5 Å². The van der Waals surface area contributed by atoms with Crippen LogP contribution < -0.4 is 14.9 Å². The molecule has 33 heavy (non-hydrogen) atoms. The van der Waals surface area contributed by atoms with Crippen LogP contribution in [-0.4, -0.2) is 18.2 Å². The van der Waals surface area contributed by atoms with E-state index >= 15 is 0 Å². The number of carbonyl (C=O) groups excluding carboxylic acids is 1. The normalized spacial score (nSPS) is 11.9. The Labute approximate surface area is 197 Å². The highest BCUT2D eigenvalue weighted by Gasteiger charge is 2.15. The van der Waals surface area contributed by atoms with Crippen LogP contribution in [0.4, 0.5) is 0 Å². The minimum absolute atomic E-state index is 0.339. The molecular formula is C27H23ClN2O3. The van der Waals surface area contributed by atoms with Crippen molar-refractivity contribution >= 4 is 34.5 Å². The van der Waals surface area contributed by atoms with E-state index in [0.717, 1.165) is 21.9 Å². The van der Waals surface area contributed by atoms with Gasteiger partial charge in [-0.1, -0.05) is 72.3 Å². The van der Waals surface area contributed by atoms with Gasteiger partial charge in [0.15, 0.2) is 6.10 Å². The van der Waals surface area contributed by atoms with Crippen LogP contribution in [0.25, 0.3) is 10.8 Å². The van der Waals surface area contributed by atoms with E-state index in [2.05, 4.69) is 10.5 Å². The summed E-state index contributed by atoms with van der Waals surface area (Å²) in [6.45, 7) is 2.12. The van der Waals surface area contributed by atoms with Crippen LogP contribution in [0.3, 0.4) is 0 Å². The first-order valence-electron chi connectivity index (χ1n) is 10.5. The van der Waals surface area contributed by atoms with Crippen LogP contribution in [-0.2, 0) is 11.4 Å². The molecule has 6 heteroatoms. The maximum Gasteiger partial charge on any atom is 0.280 e. The maximum absolute atomic E-state index is 12.4. The van der Waals surface area contributed by atoms with E-state index in [1.54, 1.807) is 13.1 Å². The van der Waals surface area contributed by atoms with Gasteiger partial charge in [0.1, 0.15) is 18.1 Å². The van der Waals surface area contributed by atoms with Crippen LogP contribution in [0.15, 0.2) is 96.1 Å². The Hall–Kier alpha value is -3.83. The summed E-state index contributed by atoms with van der Waals surface area (Å²) in [4.78, 5) is 12.4. The Morgan fingerprint density at radius 1 is 1.00 bits per heavy atom. The first kappa shape index (κ1) is 22.4. The molecule has 0 bridgehead atoms. The van der Waals surface area contributed by atoms with Crippen molar-refractivity contribution in [2.75, 3.05) is 0 Å². The molecule has 1 atom stereocenters. The van der Waals surface area contributed by atoms with E-state index in [1.807, 2.05) is 91.0 Å². The quantitative estimate of drug-likeness (QED) is 0.260. The van der Waals surface area contributed by atoms with E-state index in [-0.39, 0.29) is 5.91 Å². The molecule has 4 rings (SSSR count). The third-order valence-electron chi connectivity index (χ3n) is 4.99. The summed E-state index contributed by atoms with van der Waals surface area (Å²) in [5.74, 6) is 1.02. The van der Waals surface area contributed by atoms with E-state index in [1.165, 1.54) is 0 Å².